The number of allylic oxidation sites excluding steroid dienone is 4. The summed E-state index contributed by atoms with van der Waals surface area (Å²) in [5, 5.41) is 0. The van der Waals surface area contributed by atoms with E-state index in [1.807, 2.05) is 0 Å². The predicted molar refractivity (Wildman–Crippen MR) is 61.6 cm³/mol. The summed E-state index contributed by atoms with van der Waals surface area (Å²) in [7, 11) is 0. The Morgan fingerprint density at radius 2 is 1.60 bits per heavy atom. The second kappa shape index (κ2) is 5.34. The molecule has 0 N–H and O–H groups in total. The molecule has 0 aromatic heterocycles. The molecule has 80 valence electrons. The molecule has 0 aliphatic heterocycles. The van der Waals surface area contributed by atoms with Gasteiger partial charge >= 0.3 is 0 Å². The van der Waals surface area contributed by atoms with Gasteiger partial charge in [0, 0.05) is 23.0 Å². The third-order valence-corrected chi connectivity index (χ3v) is 2.73. The molecule has 1 aliphatic carbocycles. The summed E-state index contributed by atoms with van der Waals surface area (Å²) >= 11 is 0. The van der Waals surface area contributed by atoms with Gasteiger partial charge in [-0.05, 0) is 17.0 Å². The third kappa shape index (κ3) is 2.62. The van der Waals surface area contributed by atoms with Crippen molar-refractivity contribution in [1.29, 1.82) is 0 Å². The van der Waals surface area contributed by atoms with Gasteiger partial charge < -0.3 is 0 Å². The van der Waals surface area contributed by atoms with Gasteiger partial charge in [-0.1, -0.05) is 62.4 Å². The first kappa shape index (κ1) is 12.3. The molecule has 0 bridgehead atoms. The van der Waals surface area contributed by atoms with Crippen LogP contribution in [0.3, 0.4) is 0 Å². The molecule has 2 rings (SSSR count). The van der Waals surface area contributed by atoms with Crippen LogP contribution in [0.2, 0.25) is 0 Å². The van der Waals surface area contributed by atoms with Crippen LogP contribution in [0.4, 0.5) is 0 Å². The third-order valence-electron chi connectivity index (χ3n) is 2.73. The van der Waals surface area contributed by atoms with Gasteiger partial charge in [0.1, 0.15) is 0 Å². The van der Waals surface area contributed by atoms with E-state index in [0.717, 1.165) is 0 Å². The van der Waals surface area contributed by atoms with Crippen molar-refractivity contribution in [2.45, 2.75) is 25.7 Å². The number of benzene rings is 1. The Hall–Kier alpha value is -0.781. The van der Waals surface area contributed by atoms with Crippen molar-refractivity contribution < 1.29 is 17.1 Å². The summed E-state index contributed by atoms with van der Waals surface area (Å²) < 4.78 is 0. The monoisotopic (exact) mass is 240 g/mol. The molecule has 0 unspecified atom stereocenters. The maximum atomic E-state index is 2.25. The minimum atomic E-state index is 0. The van der Waals surface area contributed by atoms with E-state index < -0.39 is 0 Å². The fourth-order valence-electron chi connectivity index (χ4n) is 1.98. The Labute approximate surface area is 103 Å². The van der Waals surface area contributed by atoms with Gasteiger partial charge in [0.25, 0.3) is 0 Å². The summed E-state index contributed by atoms with van der Waals surface area (Å²) in [5.74, 6) is 1.10. The van der Waals surface area contributed by atoms with Crippen molar-refractivity contribution in [3.63, 3.8) is 0 Å². The molecule has 0 atom stereocenters. The summed E-state index contributed by atoms with van der Waals surface area (Å²) in [5.41, 5.74) is 2.92. The average Bonchev–Trinajstić information content (AvgIpc) is 2.70. The van der Waals surface area contributed by atoms with Crippen molar-refractivity contribution in [2.75, 3.05) is 0 Å². The molecule has 0 radical (unpaired) electrons. The number of hydrogen-bond donors (Lipinski definition) is 0. The Morgan fingerprint density at radius 1 is 1.00 bits per heavy atom. The normalized spacial score (nSPS) is 14.6. The molecule has 1 aromatic carbocycles. The van der Waals surface area contributed by atoms with Crippen molar-refractivity contribution >= 4 is 0 Å². The fourth-order valence-corrected chi connectivity index (χ4v) is 1.98. The second-order valence-corrected chi connectivity index (χ2v) is 4.08. The molecule has 0 saturated carbocycles. The van der Waals surface area contributed by atoms with E-state index in [2.05, 4.69) is 62.4 Å². The first-order chi connectivity index (χ1) is 6.79. The zero-order valence-electron chi connectivity index (χ0n) is 9.13. The van der Waals surface area contributed by atoms with E-state index in [0.29, 0.717) is 11.8 Å². The van der Waals surface area contributed by atoms with Crippen LogP contribution in [-0.2, 0) is 17.1 Å². The van der Waals surface area contributed by atoms with Gasteiger partial charge in [0.15, 0.2) is 0 Å². The molecule has 0 fully saturated rings. The number of rotatable bonds is 2. The van der Waals surface area contributed by atoms with E-state index in [1.54, 1.807) is 0 Å². The van der Waals surface area contributed by atoms with Gasteiger partial charge in [-0.2, -0.15) is 0 Å². The van der Waals surface area contributed by atoms with Crippen LogP contribution in [-0.4, -0.2) is 0 Å². The first-order valence-corrected chi connectivity index (χ1v) is 5.23. The molecule has 1 heteroatoms. The zero-order chi connectivity index (χ0) is 9.97. The molecule has 0 nitrogen and oxygen atoms in total. The largest absolute Gasteiger partial charge is 0.0732 e. The molecule has 0 saturated heterocycles. The summed E-state index contributed by atoms with van der Waals surface area (Å²) in [4.78, 5) is 0. The van der Waals surface area contributed by atoms with Gasteiger partial charge in [-0.25, -0.2) is 0 Å². The van der Waals surface area contributed by atoms with Crippen LogP contribution >= 0.6 is 0 Å². The molecule has 15 heavy (non-hydrogen) atoms. The molecular formula is C14H16Fe. The van der Waals surface area contributed by atoms with Crippen LogP contribution in [0, 0.1) is 0 Å². The van der Waals surface area contributed by atoms with Crippen LogP contribution in [0.25, 0.3) is 0 Å². The summed E-state index contributed by atoms with van der Waals surface area (Å²) in [6.07, 6.45) is 8.76. The van der Waals surface area contributed by atoms with Crippen molar-refractivity contribution in [3.05, 3.63) is 59.7 Å². The van der Waals surface area contributed by atoms with Crippen LogP contribution in [0.15, 0.2) is 48.6 Å². The van der Waals surface area contributed by atoms with Gasteiger partial charge in [-0.3, -0.25) is 0 Å². The SMILES string of the molecule is CC(C)c1ccccc1C1C=CC=C1.[Fe]. The molecule has 1 aliphatic rings. The van der Waals surface area contributed by atoms with Gasteiger partial charge in [-0.15, -0.1) is 0 Å². The fraction of sp³-hybridized carbons (Fsp3) is 0.286. The minimum Gasteiger partial charge on any atom is -0.0732 e. The molecule has 0 spiro atoms. The number of hydrogen-bond acceptors (Lipinski definition) is 0. The maximum absolute atomic E-state index is 2.25. The van der Waals surface area contributed by atoms with E-state index in [1.165, 1.54) is 11.1 Å². The van der Waals surface area contributed by atoms with Gasteiger partial charge in [0.2, 0.25) is 0 Å². The smallest absolute Gasteiger partial charge is 0.0207 e. The molecule has 0 heterocycles. The topological polar surface area (TPSA) is 0 Å². The van der Waals surface area contributed by atoms with E-state index in [9.17, 15) is 0 Å². The maximum Gasteiger partial charge on any atom is 0.0207 e. The average molecular weight is 240 g/mol. The zero-order valence-corrected chi connectivity index (χ0v) is 10.2. The van der Waals surface area contributed by atoms with Crippen LogP contribution in [0.5, 0.6) is 0 Å². The summed E-state index contributed by atoms with van der Waals surface area (Å²) in [6, 6.07) is 8.72. The Bertz CT molecular complexity index is 363. The molecule has 1 aromatic rings. The van der Waals surface area contributed by atoms with Crippen molar-refractivity contribution in [2.24, 2.45) is 0 Å². The Morgan fingerprint density at radius 3 is 2.20 bits per heavy atom. The van der Waals surface area contributed by atoms with Crippen LogP contribution in [0.1, 0.15) is 36.8 Å². The van der Waals surface area contributed by atoms with E-state index in [4.69, 9.17) is 0 Å². The van der Waals surface area contributed by atoms with Crippen LogP contribution < -0.4 is 0 Å². The first-order valence-electron chi connectivity index (χ1n) is 5.23. The van der Waals surface area contributed by atoms with Gasteiger partial charge in [0.05, 0.1) is 0 Å². The predicted octanol–water partition coefficient (Wildman–Crippen LogP) is 4.02. The quantitative estimate of drug-likeness (QED) is 0.685. The van der Waals surface area contributed by atoms with Crippen molar-refractivity contribution in [1.82, 2.24) is 0 Å². The Balaban J connectivity index is 0.00000112. The second-order valence-electron chi connectivity index (χ2n) is 4.08. The standard InChI is InChI=1S/C14H16.Fe/c1-11(2)13-9-5-6-10-14(13)12-7-3-4-8-12;/h3-12H,1-2H3;. The Kier molecular flexibility index (Phi) is 4.38. The molecular weight excluding hydrogens is 224 g/mol. The minimum absolute atomic E-state index is 0. The van der Waals surface area contributed by atoms with E-state index in [-0.39, 0.29) is 17.1 Å². The van der Waals surface area contributed by atoms with E-state index >= 15 is 0 Å². The van der Waals surface area contributed by atoms with Crippen molar-refractivity contribution in [3.8, 4) is 0 Å². The molecule has 0 amide bonds. The summed E-state index contributed by atoms with van der Waals surface area (Å²) in [6.45, 7) is 4.50.